The minimum atomic E-state index is 0.407. The summed E-state index contributed by atoms with van der Waals surface area (Å²) in [7, 11) is 0. The lowest BCUT2D eigenvalue weighted by Crippen LogP contribution is -1.82. The van der Waals surface area contributed by atoms with E-state index in [0.29, 0.717) is 11.5 Å². The van der Waals surface area contributed by atoms with Crippen molar-refractivity contribution in [1.29, 1.82) is 0 Å². The summed E-state index contributed by atoms with van der Waals surface area (Å²) in [5, 5.41) is 0.787. The van der Waals surface area contributed by atoms with Crippen molar-refractivity contribution >= 4 is 29.6 Å². The molecule has 0 N–H and O–H groups in total. The minimum absolute atomic E-state index is 0.407. The van der Waals surface area contributed by atoms with Gasteiger partial charge in [-0.05, 0) is 6.92 Å². The second kappa shape index (κ2) is 6.17. The van der Waals surface area contributed by atoms with E-state index in [1.165, 1.54) is 11.8 Å². The summed E-state index contributed by atoms with van der Waals surface area (Å²) in [4.78, 5) is 9.67. The van der Waals surface area contributed by atoms with Crippen LogP contribution in [-0.2, 0) is 4.79 Å². The first-order valence-electron chi connectivity index (χ1n) is 2.54. The van der Waals surface area contributed by atoms with Gasteiger partial charge in [0.25, 0.3) is 0 Å². The molecule has 1 nitrogen and oxygen atoms in total. The summed E-state index contributed by atoms with van der Waals surface area (Å²) >= 11 is 7.07. The highest BCUT2D eigenvalue weighted by atomic mass is 35.5. The lowest BCUT2D eigenvalue weighted by atomic mass is 10.6. The maximum atomic E-state index is 9.67. The van der Waals surface area contributed by atoms with Crippen LogP contribution >= 0.6 is 23.4 Å². The van der Waals surface area contributed by atoms with E-state index in [1.54, 1.807) is 6.29 Å². The molecule has 0 aliphatic heterocycles. The van der Waals surface area contributed by atoms with Crippen molar-refractivity contribution in [1.82, 2.24) is 0 Å². The molecule has 9 heavy (non-hydrogen) atoms. The lowest BCUT2D eigenvalue weighted by molar-refractivity contribution is 0.560. The number of rotatable bonds is 4. The summed E-state index contributed by atoms with van der Waals surface area (Å²) < 4.78 is 0. The lowest BCUT2D eigenvalue weighted by Gasteiger charge is -1.91. The molecular formula is C6H8ClOS. The monoisotopic (exact) mass is 163 g/mol. The van der Waals surface area contributed by atoms with E-state index >= 15 is 0 Å². The highest BCUT2D eigenvalue weighted by molar-refractivity contribution is 8.00. The predicted molar refractivity (Wildman–Crippen MR) is 42.6 cm³/mol. The average Bonchev–Trinajstić information content (AvgIpc) is 1.89. The van der Waals surface area contributed by atoms with E-state index in [2.05, 4.69) is 0 Å². The molecule has 0 unspecified atom stereocenters. The van der Waals surface area contributed by atoms with E-state index in [-0.39, 0.29) is 0 Å². The first-order valence-corrected chi connectivity index (χ1v) is 4.08. The summed E-state index contributed by atoms with van der Waals surface area (Å²) in [6.45, 7) is 1.87. The minimum Gasteiger partial charge on any atom is -0.290 e. The van der Waals surface area contributed by atoms with Gasteiger partial charge < -0.3 is 0 Å². The zero-order chi connectivity index (χ0) is 7.11. The zero-order valence-corrected chi connectivity index (χ0v) is 6.76. The molecule has 0 fully saturated rings. The Hall–Kier alpha value is 0.0500. The van der Waals surface area contributed by atoms with Gasteiger partial charge in [-0.1, -0.05) is 17.7 Å². The van der Waals surface area contributed by atoms with Crippen LogP contribution in [0, 0.1) is 0 Å². The number of thioether (sulfide) groups is 1. The molecule has 1 radical (unpaired) electrons. The molecule has 51 valence electrons. The van der Waals surface area contributed by atoms with Crippen LogP contribution < -0.4 is 0 Å². The molecule has 0 spiro atoms. The van der Waals surface area contributed by atoms with Gasteiger partial charge in [0.1, 0.15) is 0 Å². The normalized spacial score (nSPS) is 11.6. The van der Waals surface area contributed by atoms with Gasteiger partial charge >= 0.3 is 0 Å². The van der Waals surface area contributed by atoms with Gasteiger partial charge in [-0.3, -0.25) is 4.79 Å². The standard InChI is InChI=1S/C6H8ClOS/c1-2-6(7)5-9-4-3-8/h2H,4-5H2,1H3/b6-2-. The van der Waals surface area contributed by atoms with Crippen LogP contribution in [-0.4, -0.2) is 17.8 Å². The highest BCUT2D eigenvalue weighted by Crippen LogP contribution is 2.09. The Morgan fingerprint density at radius 2 is 2.56 bits per heavy atom. The summed E-state index contributed by atoms with van der Waals surface area (Å²) in [5.41, 5.74) is 0. The van der Waals surface area contributed by atoms with Crippen molar-refractivity contribution in [2.75, 3.05) is 11.5 Å². The van der Waals surface area contributed by atoms with E-state index < -0.39 is 0 Å². The predicted octanol–water partition coefficient (Wildman–Crippen LogP) is 1.97. The van der Waals surface area contributed by atoms with Gasteiger partial charge in [-0.2, -0.15) is 0 Å². The Balaban J connectivity index is 3.17. The Kier molecular flexibility index (Phi) is 6.21. The molecule has 0 aromatic rings. The van der Waals surface area contributed by atoms with E-state index in [4.69, 9.17) is 11.6 Å². The van der Waals surface area contributed by atoms with Crippen LogP contribution in [0.5, 0.6) is 0 Å². The molecule has 0 saturated carbocycles. The molecule has 0 aliphatic carbocycles. The van der Waals surface area contributed by atoms with Crippen LogP contribution in [0.2, 0.25) is 0 Å². The van der Waals surface area contributed by atoms with Gasteiger partial charge in [0, 0.05) is 10.8 Å². The fourth-order valence-electron chi connectivity index (χ4n) is 0.274. The fourth-order valence-corrected chi connectivity index (χ4v) is 1.05. The fraction of sp³-hybridized carbons (Fsp3) is 0.500. The third kappa shape index (κ3) is 5.93. The van der Waals surface area contributed by atoms with Gasteiger partial charge in [0.2, 0.25) is 6.29 Å². The van der Waals surface area contributed by atoms with Crippen molar-refractivity contribution in [3.63, 3.8) is 0 Å². The molecule has 0 aromatic carbocycles. The first-order chi connectivity index (χ1) is 4.31. The van der Waals surface area contributed by atoms with Gasteiger partial charge in [0.15, 0.2) is 0 Å². The number of allylic oxidation sites excluding steroid dienone is 1. The van der Waals surface area contributed by atoms with Crippen LogP contribution in [0.1, 0.15) is 6.92 Å². The van der Waals surface area contributed by atoms with Crippen molar-refractivity contribution in [3.05, 3.63) is 11.1 Å². The third-order valence-corrected chi connectivity index (χ3v) is 2.06. The molecule has 0 heterocycles. The Morgan fingerprint density at radius 3 is 3.00 bits per heavy atom. The second-order valence-corrected chi connectivity index (χ2v) is 2.84. The Labute approximate surface area is 64.5 Å². The van der Waals surface area contributed by atoms with E-state index in [1.807, 2.05) is 13.0 Å². The largest absolute Gasteiger partial charge is 0.290 e. The SMILES string of the molecule is C/C=C(\Cl)CSC[C]=O. The molecule has 0 aromatic heterocycles. The van der Waals surface area contributed by atoms with Crippen molar-refractivity contribution in [2.45, 2.75) is 6.92 Å². The van der Waals surface area contributed by atoms with Crippen LogP contribution in [0.3, 0.4) is 0 Å². The topological polar surface area (TPSA) is 17.1 Å². The van der Waals surface area contributed by atoms with Crippen LogP contribution in [0.15, 0.2) is 11.1 Å². The van der Waals surface area contributed by atoms with Crippen LogP contribution in [0.25, 0.3) is 0 Å². The van der Waals surface area contributed by atoms with Gasteiger partial charge in [-0.15, -0.1) is 11.8 Å². The maximum absolute atomic E-state index is 9.67. The number of hydrogen-bond acceptors (Lipinski definition) is 2. The Morgan fingerprint density at radius 1 is 1.89 bits per heavy atom. The molecule has 0 atom stereocenters. The first kappa shape index (κ1) is 9.05. The van der Waals surface area contributed by atoms with Gasteiger partial charge in [-0.25, -0.2) is 0 Å². The number of carbonyl (C=O) groups excluding carboxylic acids is 1. The maximum Gasteiger partial charge on any atom is 0.209 e. The second-order valence-electron chi connectivity index (χ2n) is 1.37. The highest BCUT2D eigenvalue weighted by Gasteiger charge is 1.89. The van der Waals surface area contributed by atoms with Crippen molar-refractivity contribution < 1.29 is 4.79 Å². The Bertz CT molecular complexity index is 112. The molecular weight excluding hydrogens is 156 g/mol. The van der Waals surface area contributed by atoms with E-state index in [0.717, 1.165) is 5.03 Å². The van der Waals surface area contributed by atoms with Crippen LogP contribution in [0.4, 0.5) is 0 Å². The quantitative estimate of drug-likeness (QED) is 0.590. The zero-order valence-electron chi connectivity index (χ0n) is 5.19. The molecule has 0 aliphatic rings. The molecule has 0 saturated heterocycles. The number of hydrogen-bond donors (Lipinski definition) is 0. The van der Waals surface area contributed by atoms with Gasteiger partial charge in [0.05, 0.1) is 5.75 Å². The average molecular weight is 164 g/mol. The molecule has 0 amide bonds. The molecule has 3 heteroatoms. The van der Waals surface area contributed by atoms with E-state index in [9.17, 15) is 4.79 Å². The summed E-state index contributed by atoms with van der Waals surface area (Å²) in [6, 6.07) is 0. The summed E-state index contributed by atoms with van der Waals surface area (Å²) in [5.74, 6) is 1.12. The van der Waals surface area contributed by atoms with Crippen molar-refractivity contribution in [2.24, 2.45) is 0 Å². The molecule has 0 rings (SSSR count). The van der Waals surface area contributed by atoms with Crippen molar-refractivity contribution in [3.8, 4) is 0 Å². The summed E-state index contributed by atoms with van der Waals surface area (Å²) in [6.07, 6.45) is 3.59. The number of halogens is 1. The third-order valence-electron chi connectivity index (χ3n) is 0.714. The molecule has 0 bridgehead atoms. The smallest absolute Gasteiger partial charge is 0.209 e.